The van der Waals surface area contributed by atoms with Crippen LogP contribution in [-0.4, -0.2) is 0 Å². The zero-order valence-electron chi connectivity index (χ0n) is 4.21. The number of hydrogen-bond donors (Lipinski definition) is 0. The Bertz CT molecular complexity index is 14.0. The van der Waals surface area contributed by atoms with Crippen LogP contribution in [0.5, 0.6) is 0 Å². The van der Waals surface area contributed by atoms with Crippen LogP contribution < -0.4 is 0 Å². The maximum absolute atomic E-state index is 2.16. The van der Waals surface area contributed by atoms with E-state index in [0.29, 0.717) is 0 Å². The third kappa shape index (κ3) is 3.87. The molecule has 0 aromatic carbocycles. The van der Waals surface area contributed by atoms with Crippen LogP contribution in [0.2, 0.25) is 0 Å². The molecule has 0 saturated heterocycles. The molecule has 0 bridgehead atoms. The molecule has 0 rings (SSSR count). The van der Waals surface area contributed by atoms with Gasteiger partial charge in [-0.15, -0.1) is 0 Å². The fraction of sp³-hybridized carbons (Fsp3) is 0.800. The maximum Gasteiger partial charge on any atom is 0.0866 e. The largest absolute Gasteiger partial charge is 0.0866 e. The van der Waals surface area contributed by atoms with Gasteiger partial charge < -0.3 is 0 Å². The minimum atomic E-state index is 1.22. The first-order chi connectivity index (χ1) is 2.27. The lowest BCUT2D eigenvalue weighted by Crippen LogP contribution is -1.73. The van der Waals surface area contributed by atoms with Gasteiger partial charge in [0.2, 0.25) is 0 Å². The lowest BCUT2D eigenvalue weighted by molar-refractivity contribution is 0.923. The highest BCUT2D eigenvalue weighted by molar-refractivity contribution is 4.72. The molecular weight excluding hydrogens is 60.1 g/mol. The van der Waals surface area contributed by atoms with Crippen LogP contribution in [0.3, 0.4) is 0 Å². The summed E-state index contributed by atoms with van der Waals surface area (Å²) in [5, 5.41) is 0. The van der Waals surface area contributed by atoms with E-state index in [9.17, 15) is 0 Å². The van der Waals surface area contributed by atoms with E-state index in [2.05, 4.69) is 20.8 Å². The van der Waals surface area contributed by atoms with Gasteiger partial charge in [0.15, 0.2) is 0 Å². The minimum Gasteiger partial charge on any atom is -0.0242 e. The fourth-order valence-electron chi connectivity index (χ4n) is 0. The summed E-state index contributed by atoms with van der Waals surface area (Å²) in [5.74, 6) is 1.50. The second-order valence-corrected chi connectivity index (χ2v) is 1.56. The van der Waals surface area contributed by atoms with Gasteiger partial charge in [-0.3, -0.25) is 0 Å². The Balaban J connectivity index is 2.54. The zero-order valence-corrected chi connectivity index (χ0v) is 4.21. The molecule has 0 heteroatoms. The fourth-order valence-corrected chi connectivity index (χ4v) is 0. The Morgan fingerprint density at radius 3 is 1.60 bits per heavy atom. The van der Waals surface area contributed by atoms with Gasteiger partial charge in [0.1, 0.15) is 0 Å². The molecule has 0 radical (unpaired) electrons. The summed E-state index contributed by atoms with van der Waals surface area (Å²) < 4.78 is 0. The molecule has 0 saturated carbocycles. The third-order valence-corrected chi connectivity index (χ3v) is 0.707. The maximum atomic E-state index is 2.16. The molecule has 0 aliphatic heterocycles. The Morgan fingerprint density at radius 2 is 1.60 bits per heavy atom. The van der Waals surface area contributed by atoms with Gasteiger partial charge in [0, 0.05) is 0 Å². The zero-order chi connectivity index (χ0) is 4.28. The van der Waals surface area contributed by atoms with E-state index in [0.717, 1.165) is 0 Å². The van der Waals surface area contributed by atoms with Crippen molar-refractivity contribution in [2.24, 2.45) is 0 Å². The molecule has 30 valence electrons. The molecule has 0 heterocycles. The van der Waals surface area contributed by atoms with Gasteiger partial charge in [0.05, 0.1) is 26.2 Å². The van der Waals surface area contributed by atoms with Crippen LogP contribution in [0.25, 0.3) is 0 Å². The summed E-state index contributed by atoms with van der Waals surface area (Å²) >= 11 is 0. The molecular formula is C5H11+. The van der Waals surface area contributed by atoms with Crippen molar-refractivity contribution in [2.75, 3.05) is 0 Å². The molecule has 5 heavy (non-hydrogen) atoms. The van der Waals surface area contributed by atoms with Crippen LogP contribution in [0, 0.1) is 5.92 Å². The van der Waals surface area contributed by atoms with E-state index in [4.69, 9.17) is 0 Å². The predicted molar refractivity (Wildman–Crippen MR) is 24.9 cm³/mol. The van der Waals surface area contributed by atoms with Crippen molar-refractivity contribution < 1.29 is 0 Å². The van der Waals surface area contributed by atoms with E-state index < -0.39 is 0 Å². The van der Waals surface area contributed by atoms with Gasteiger partial charge >= 0.3 is 0 Å². The molecule has 0 unspecified atom stereocenters. The highest BCUT2D eigenvalue weighted by Crippen LogP contribution is 1.97. The monoisotopic (exact) mass is 71.1 g/mol. The molecule has 0 aromatic rings. The van der Waals surface area contributed by atoms with Gasteiger partial charge in [-0.2, -0.15) is 0 Å². The van der Waals surface area contributed by atoms with Crippen LogP contribution in [0.1, 0.15) is 27.2 Å². The molecule has 0 nitrogen and oxygen atoms in total. The van der Waals surface area contributed by atoms with Gasteiger partial charge in [0.25, 0.3) is 0 Å². The Hall–Kier alpha value is -0.130. The van der Waals surface area contributed by atoms with Crippen LogP contribution in [0.4, 0.5) is 0 Å². The van der Waals surface area contributed by atoms with E-state index in [1.165, 1.54) is 12.3 Å². The van der Waals surface area contributed by atoms with Crippen molar-refractivity contribution in [3.8, 4) is 0 Å². The first-order valence-electron chi connectivity index (χ1n) is 2.06. The lowest BCUT2D eigenvalue weighted by atomic mass is 10.2. The summed E-state index contributed by atoms with van der Waals surface area (Å²) in [6.07, 6.45) is 1.22. The molecule has 0 atom stereocenters. The second kappa shape index (κ2) is 2.13. The summed E-state index contributed by atoms with van der Waals surface area (Å²) in [7, 11) is 0. The Labute approximate surface area is 34.2 Å². The first kappa shape index (κ1) is 4.87. The van der Waals surface area contributed by atoms with Crippen molar-refractivity contribution in [1.82, 2.24) is 0 Å². The molecule has 0 spiro atoms. The SMILES string of the molecule is CC[C+](C)C. The van der Waals surface area contributed by atoms with Crippen LogP contribution in [0.15, 0.2) is 0 Å². The van der Waals surface area contributed by atoms with Crippen molar-refractivity contribution in [3.05, 3.63) is 5.92 Å². The summed E-state index contributed by atoms with van der Waals surface area (Å²) in [4.78, 5) is 0. The quantitative estimate of drug-likeness (QED) is 0.415. The summed E-state index contributed by atoms with van der Waals surface area (Å²) in [6.45, 7) is 6.44. The average molecular weight is 71.1 g/mol. The highest BCUT2D eigenvalue weighted by atomic mass is 13.9. The highest BCUT2D eigenvalue weighted by Gasteiger charge is 1.93. The third-order valence-electron chi connectivity index (χ3n) is 0.707. The molecule has 0 N–H and O–H groups in total. The van der Waals surface area contributed by atoms with E-state index in [1.807, 2.05) is 0 Å². The molecule has 0 aliphatic carbocycles. The van der Waals surface area contributed by atoms with Crippen molar-refractivity contribution >= 4 is 0 Å². The minimum absolute atomic E-state index is 1.22. The van der Waals surface area contributed by atoms with E-state index in [-0.39, 0.29) is 0 Å². The van der Waals surface area contributed by atoms with Crippen molar-refractivity contribution in [2.45, 2.75) is 27.2 Å². The van der Waals surface area contributed by atoms with Crippen LogP contribution in [-0.2, 0) is 0 Å². The number of hydrogen-bond acceptors (Lipinski definition) is 0. The second-order valence-electron chi connectivity index (χ2n) is 1.56. The average Bonchev–Trinajstić information content (AvgIpc) is 1.38. The molecule has 0 fully saturated rings. The van der Waals surface area contributed by atoms with Crippen molar-refractivity contribution in [3.63, 3.8) is 0 Å². The molecule has 0 aromatic heterocycles. The summed E-state index contributed by atoms with van der Waals surface area (Å²) in [5.41, 5.74) is 0. The first-order valence-corrected chi connectivity index (χ1v) is 2.06. The van der Waals surface area contributed by atoms with Gasteiger partial charge in [-0.05, 0) is 6.92 Å². The van der Waals surface area contributed by atoms with E-state index in [1.54, 1.807) is 0 Å². The number of rotatable bonds is 1. The normalized spacial score (nSPS) is 7.80. The molecule has 0 aliphatic rings. The molecule has 0 amide bonds. The lowest BCUT2D eigenvalue weighted by Gasteiger charge is -1.77. The van der Waals surface area contributed by atoms with Crippen LogP contribution >= 0.6 is 0 Å². The summed E-state index contributed by atoms with van der Waals surface area (Å²) in [6, 6.07) is 0. The van der Waals surface area contributed by atoms with E-state index >= 15 is 0 Å². The Morgan fingerprint density at radius 1 is 1.40 bits per heavy atom. The smallest absolute Gasteiger partial charge is 0.0242 e. The Kier molecular flexibility index (Phi) is 2.07. The van der Waals surface area contributed by atoms with Gasteiger partial charge in [-0.25, -0.2) is 0 Å². The predicted octanol–water partition coefficient (Wildman–Crippen LogP) is 2.01. The van der Waals surface area contributed by atoms with Crippen molar-refractivity contribution in [1.29, 1.82) is 0 Å². The standard InChI is InChI=1S/C5H11/c1-4-5(2)3/h4H2,1-3H3/q+1. The topological polar surface area (TPSA) is 0 Å². The van der Waals surface area contributed by atoms with Gasteiger partial charge in [-0.1, -0.05) is 0 Å².